The lowest BCUT2D eigenvalue weighted by atomic mass is 10.0. The second-order valence-corrected chi connectivity index (χ2v) is 7.04. The van der Waals surface area contributed by atoms with Crippen LogP contribution in [-0.2, 0) is 0 Å². The lowest BCUT2D eigenvalue weighted by Gasteiger charge is -2.08. The van der Waals surface area contributed by atoms with Crippen molar-refractivity contribution in [2.45, 2.75) is 0 Å². The summed E-state index contributed by atoms with van der Waals surface area (Å²) in [5.41, 5.74) is 2.53. The standard InChI is InChI=1S/C26H17NO3/c28-25(27-20-13-10-18(11-14-20)17-6-2-1-3-7-17)23-16-22-21-9-5-4-8-19(21)12-15-24(22)30-26(23)29/h1-16H,(H,27,28). The lowest BCUT2D eigenvalue weighted by molar-refractivity contribution is 0.102. The highest BCUT2D eigenvalue weighted by atomic mass is 16.4. The minimum absolute atomic E-state index is 0.0222. The monoisotopic (exact) mass is 391 g/mol. The van der Waals surface area contributed by atoms with Gasteiger partial charge in [-0.25, -0.2) is 4.79 Å². The van der Waals surface area contributed by atoms with Crippen LogP contribution in [0.1, 0.15) is 10.4 Å². The summed E-state index contributed by atoms with van der Waals surface area (Å²) in [5.74, 6) is -0.494. The molecule has 0 aliphatic rings. The molecular formula is C26H17NO3. The Balaban J connectivity index is 1.48. The first-order valence-corrected chi connectivity index (χ1v) is 9.61. The van der Waals surface area contributed by atoms with E-state index in [1.165, 1.54) is 0 Å². The molecule has 0 unspecified atom stereocenters. The predicted octanol–water partition coefficient (Wildman–Crippen LogP) is 5.87. The van der Waals surface area contributed by atoms with E-state index in [4.69, 9.17) is 4.42 Å². The van der Waals surface area contributed by atoms with Gasteiger partial charge in [-0.1, -0.05) is 72.8 Å². The number of nitrogens with one attached hydrogen (secondary N) is 1. The second kappa shape index (κ2) is 7.33. The molecule has 4 heteroatoms. The normalized spacial score (nSPS) is 10.9. The molecule has 0 spiro atoms. The third-order valence-electron chi connectivity index (χ3n) is 5.14. The zero-order valence-corrected chi connectivity index (χ0v) is 16.0. The van der Waals surface area contributed by atoms with Crippen LogP contribution in [0, 0.1) is 0 Å². The van der Waals surface area contributed by atoms with Crippen LogP contribution in [0.15, 0.2) is 106 Å². The Morgan fingerprint density at radius 1 is 0.700 bits per heavy atom. The van der Waals surface area contributed by atoms with Crippen LogP contribution in [0.3, 0.4) is 0 Å². The van der Waals surface area contributed by atoms with Crippen molar-refractivity contribution < 1.29 is 9.21 Å². The molecule has 0 fully saturated rings. The molecule has 1 amide bonds. The van der Waals surface area contributed by atoms with Gasteiger partial charge in [-0.15, -0.1) is 0 Å². The van der Waals surface area contributed by atoms with Gasteiger partial charge in [0.2, 0.25) is 0 Å². The molecule has 0 aliphatic heterocycles. The first-order valence-electron chi connectivity index (χ1n) is 9.61. The highest BCUT2D eigenvalue weighted by molar-refractivity contribution is 6.10. The van der Waals surface area contributed by atoms with Crippen molar-refractivity contribution in [1.29, 1.82) is 0 Å². The summed E-state index contributed by atoms with van der Waals surface area (Å²) in [5, 5.41) is 5.47. The van der Waals surface area contributed by atoms with Crippen LogP contribution in [0.2, 0.25) is 0 Å². The molecule has 4 aromatic carbocycles. The van der Waals surface area contributed by atoms with Crippen molar-refractivity contribution in [2.75, 3.05) is 5.32 Å². The third-order valence-corrected chi connectivity index (χ3v) is 5.14. The van der Waals surface area contributed by atoms with Crippen molar-refractivity contribution in [3.63, 3.8) is 0 Å². The number of carbonyl (C=O) groups is 1. The maximum atomic E-state index is 12.8. The van der Waals surface area contributed by atoms with Crippen molar-refractivity contribution in [3.8, 4) is 11.1 Å². The SMILES string of the molecule is O=C(Nc1ccc(-c2ccccc2)cc1)c1cc2c(ccc3ccccc32)oc1=O. The molecule has 1 heterocycles. The highest BCUT2D eigenvalue weighted by Crippen LogP contribution is 2.25. The summed E-state index contributed by atoms with van der Waals surface area (Å²) >= 11 is 0. The van der Waals surface area contributed by atoms with E-state index in [9.17, 15) is 9.59 Å². The fraction of sp³-hybridized carbons (Fsp3) is 0. The molecule has 1 aromatic heterocycles. The predicted molar refractivity (Wildman–Crippen MR) is 120 cm³/mol. The maximum absolute atomic E-state index is 12.8. The average molecular weight is 391 g/mol. The van der Waals surface area contributed by atoms with Gasteiger partial charge >= 0.3 is 5.63 Å². The van der Waals surface area contributed by atoms with E-state index in [2.05, 4.69) is 5.32 Å². The number of carbonyl (C=O) groups excluding carboxylic acids is 1. The Morgan fingerprint density at radius 3 is 2.20 bits per heavy atom. The van der Waals surface area contributed by atoms with E-state index in [1.807, 2.05) is 84.9 Å². The summed E-state index contributed by atoms with van der Waals surface area (Å²) in [7, 11) is 0. The molecule has 144 valence electrons. The van der Waals surface area contributed by atoms with E-state index in [-0.39, 0.29) is 5.56 Å². The number of benzene rings is 4. The molecule has 0 aliphatic carbocycles. The molecule has 0 radical (unpaired) electrons. The van der Waals surface area contributed by atoms with Gasteiger partial charge in [0.05, 0.1) is 0 Å². The molecule has 0 atom stereocenters. The van der Waals surface area contributed by atoms with E-state index in [1.54, 1.807) is 12.1 Å². The second-order valence-electron chi connectivity index (χ2n) is 7.04. The summed E-state index contributed by atoms with van der Waals surface area (Å²) < 4.78 is 5.42. The van der Waals surface area contributed by atoms with Gasteiger partial charge in [-0.05, 0) is 46.2 Å². The number of amides is 1. The first-order chi connectivity index (χ1) is 14.7. The van der Waals surface area contributed by atoms with Gasteiger partial charge in [0.25, 0.3) is 5.91 Å². The van der Waals surface area contributed by atoms with Gasteiger partial charge in [0.1, 0.15) is 11.1 Å². The van der Waals surface area contributed by atoms with Crippen molar-refractivity contribution in [2.24, 2.45) is 0 Å². The molecule has 0 saturated heterocycles. The zero-order chi connectivity index (χ0) is 20.5. The number of fused-ring (bicyclic) bond motifs is 3. The van der Waals surface area contributed by atoms with E-state index in [0.29, 0.717) is 11.3 Å². The quantitative estimate of drug-likeness (QED) is 0.309. The van der Waals surface area contributed by atoms with Crippen molar-refractivity contribution >= 4 is 33.3 Å². The van der Waals surface area contributed by atoms with E-state index in [0.717, 1.165) is 27.3 Å². The molecule has 30 heavy (non-hydrogen) atoms. The Labute approximate surface area is 172 Å². The van der Waals surface area contributed by atoms with Crippen LogP contribution < -0.4 is 10.9 Å². The fourth-order valence-electron chi connectivity index (χ4n) is 3.60. The average Bonchev–Trinajstić information content (AvgIpc) is 2.79. The first kappa shape index (κ1) is 17.9. The molecular weight excluding hydrogens is 374 g/mol. The molecule has 5 aromatic rings. The highest BCUT2D eigenvalue weighted by Gasteiger charge is 2.15. The topological polar surface area (TPSA) is 59.3 Å². The molecule has 5 rings (SSSR count). The van der Waals surface area contributed by atoms with Gasteiger partial charge in [0, 0.05) is 11.1 Å². The van der Waals surface area contributed by atoms with Gasteiger partial charge in [0.15, 0.2) is 0 Å². The lowest BCUT2D eigenvalue weighted by Crippen LogP contribution is -2.20. The summed E-state index contributed by atoms with van der Waals surface area (Å²) in [6, 6.07) is 30.5. The number of anilines is 1. The summed E-state index contributed by atoms with van der Waals surface area (Å²) in [6.07, 6.45) is 0. The van der Waals surface area contributed by atoms with Crippen LogP contribution in [-0.4, -0.2) is 5.91 Å². The van der Waals surface area contributed by atoms with E-state index >= 15 is 0 Å². The Morgan fingerprint density at radius 2 is 1.40 bits per heavy atom. The van der Waals surface area contributed by atoms with Crippen LogP contribution in [0.4, 0.5) is 5.69 Å². The fourth-order valence-corrected chi connectivity index (χ4v) is 3.60. The Kier molecular flexibility index (Phi) is 4.37. The van der Waals surface area contributed by atoms with Crippen LogP contribution >= 0.6 is 0 Å². The molecule has 4 nitrogen and oxygen atoms in total. The number of hydrogen-bond donors (Lipinski definition) is 1. The minimum atomic E-state index is -0.656. The third kappa shape index (κ3) is 3.25. The number of hydrogen-bond acceptors (Lipinski definition) is 3. The Hall–Kier alpha value is -4.18. The molecule has 0 saturated carbocycles. The van der Waals surface area contributed by atoms with E-state index < -0.39 is 11.5 Å². The van der Waals surface area contributed by atoms with Crippen LogP contribution in [0.25, 0.3) is 32.9 Å². The smallest absolute Gasteiger partial charge is 0.349 e. The molecule has 0 bridgehead atoms. The number of rotatable bonds is 3. The summed E-state index contributed by atoms with van der Waals surface area (Å²) in [4.78, 5) is 25.2. The largest absolute Gasteiger partial charge is 0.422 e. The van der Waals surface area contributed by atoms with Gasteiger partial charge in [-0.2, -0.15) is 0 Å². The minimum Gasteiger partial charge on any atom is -0.422 e. The zero-order valence-electron chi connectivity index (χ0n) is 16.0. The molecule has 1 N–H and O–H groups in total. The van der Waals surface area contributed by atoms with Gasteiger partial charge in [-0.3, -0.25) is 4.79 Å². The van der Waals surface area contributed by atoms with Gasteiger partial charge < -0.3 is 9.73 Å². The Bertz CT molecular complexity index is 1430. The summed E-state index contributed by atoms with van der Waals surface area (Å²) in [6.45, 7) is 0. The van der Waals surface area contributed by atoms with Crippen LogP contribution in [0.5, 0.6) is 0 Å². The maximum Gasteiger partial charge on any atom is 0.349 e. The van der Waals surface area contributed by atoms with Crippen molar-refractivity contribution in [3.05, 3.63) is 113 Å². The van der Waals surface area contributed by atoms with Crippen molar-refractivity contribution in [1.82, 2.24) is 0 Å².